The van der Waals surface area contributed by atoms with Gasteiger partial charge in [-0.2, -0.15) is 0 Å². The molecule has 0 aliphatic carbocycles. The number of ether oxygens (including phenoxy) is 1. The van der Waals surface area contributed by atoms with Gasteiger partial charge in [-0.15, -0.1) is 5.10 Å². The number of carbonyl (C=O) groups excluding carboxylic acids is 1. The zero-order chi connectivity index (χ0) is 22.8. The fourth-order valence-electron chi connectivity index (χ4n) is 3.98. The van der Waals surface area contributed by atoms with Crippen molar-refractivity contribution in [2.75, 3.05) is 55.1 Å². The van der Waals surface area contributed by atoms with E-state index in [1.807, 2.05) is 77.4 Å². The second-order valence-corrected chi connectivity index (χ2v) is 7.98. The van der Waals surface area contributed by atoms with E-state index < -0.39 is 0 Å². The molecule has 1 fully saturated rings. The Morgan fingerprint density at radius 2 is 1.55 bits per heavy atom. The Labute approximate surface area is 192 Å². The van der Waals surface area contributed by atoms with Gasteiger partial charge in [-0.1, -0.05) is 18.2 Å². The van der Waals surface area contributed by atoms with Crippen LogP contribution < -0.4 is 14.7 Å². The molecule has 8 heteroatoms. The third-order valence-corrected chi connectivity index (χ3v) is 5.91. The molecule has 5 rings (SSSR count). The number of nitrogens with zero attached hydrogens (tertiary/aromatic N) is 6. The van der Waals surface area contributed by atoms with Gasteiger partial charge in [0, 0.05) is 50.3 Å². The molecule has 2 aromatic carbocycles. The highest BCUT2D eigenvalue weighted by molar-refractivity contribution is 6.02. The summed E-state index contributed by atoms with van der Waals surface area (Å²) >= 11 is 0. The molecule has 0 N–H and O–H groups in total. The summed E-state index contributed by atoms with van der Waals surface area (Å²) in [7, 11) is 3.55. The van der Waals surface area contributed by atoms with Crippen LogP contribution in [0, 0.1) is 0 Å². The average molecular weight is 443 g/mol. The lowest BCUT2D eigenvalue weighted by Crippen LogP contribution is -2.38. The molecule has 1 aliphatic rings. The molecule has 8 nitrogen and oxygen atoms in total. The Bertz CT molecular complexity index is 1250. The van der Waals surface area contributed by atoms with Gasteiger partial charge in [0.2, 0.25) is 0 Å². The first-order valence-corrected chi connectivity index (χ1v) is 11.0. The van der Waals surface area contributed by atoms with Crippen LogP contribution in [-0.2, 0) is 4.74 Å². The van der Waals surface area contributed by atoms with E-state index in [4.69, 9.17) is 14.8 Å². The Hall–Kier alpha value is -3.91. The molecule has 1 saturated heterocycles. The molecule has 3 heterocycles. The van der Waals surface area contributed by atoms with Crippen molar-refractivity contribution in [2.45, 2.75) is 0 Å². The fourth-order valence-corrected chi connectivity index (χ4v) is 3.98. The molecular formula is C25H26N6O2. The van der Waals surface area contributed by atoms with Crippen LogP contribution in [0.3, 0.4) is 0 Å². The standard InChI is InChI=1S/C25H26N6O2/c1-28(20-7-4-3-5-8-20)25(32)29(2)21-12-10-19(11-13-21)23-26-24(30-15-17-33-18-16-30)22-9-6-14-31(22)27-23/h3-14H,15-18H2,1-2H3. The van der Waals surface area contributed by atoms with Crippen molar-refractivity contribution in [2.24, 2.45) is 0 Å². The number of rotatable bonds is 4. The third-order valence-electron chi connectivity index (χ3n) is 5.91. The summed E-state index contributed by atoms with van der Waals surface area (Å²) in [6, 6.07) is 21.2. The summed E-state index contributed by atoms with van der Waals surface area (Å²) < 4.78 is 7.37. The number of carbonyl (C=O) groups is 1. The van der Waals surface area contributed by atoms with Crippen LogP contribution in [0.5, 0.6) is 0 Å². The molecule has 0 bridgehead atoms. The van der Waals surface area contributed by atoms with Crippen LogP contribution in [0.2, 0.25) is 0 Å². The zero-order valence-electron chi connectivity index (χ0n) is 18.8. The molecular weight excluding hydrogens is 416 g/mol. The number of para-hydroxylation sites is 1. The van der Waals surface area contributed by atoms with Gasteiger partial charge in [-0.25, -0.2) is 14.3 Å². The first-order valence-electron chi connectivity index (χ1n) is 11.0. The first kappa shape index (κ1) is 21.0. The zero-order valence-corrected chi connectivity index (χ0v) is 18.8. The first-order chi connectivity index (χ1) is 16.1. The van der Waals surface area contributed by atoms with E-state index >= 15 is 0 Å². The van der Waals surface area contributed by atoms with Gasteiger partial charge in [0.25, 0.3) is 0 Å². The maximum atomic E-state index is 12.9. The molecule has 168 valence electrons. The molecule has 1 aliphatic heterocycles. The van der Waals surface area contributed by atoms with Gasteiger partial charge in [0.1, 0.15) is 5.52 Å². The summed E-state index contributed by atoms with van der Waals surface area (Å²) in [4.78, 5) is 23.3. The van der Waals surface area contributed by atoms with Gasteiger partial charge >= 0.3 is 6.03 Å². The predicted molar refractivity (Wildman–Crippen MR) is 130 cm³/mol. The second-order valence-electron chi connectivity index (χ2n) is 7.98. The maximum absolute atomic E-state index is 12.9. The van der Waals surface area contributed by atoms with E-state index in [0.717, 1.165) is 41.4 Å². The minimum atomic E-state index is -0.117. The number of anilines is 3. The number of fused-ring (bicyclic) bond motifs is 1. The summed E-state index contributed by atoms with van der Waals surface area (Å²) in [5.74, 6) is 1.55. The monoisotopic (exact) mass is 442 g/mol. The average Bonchev–Trinajstić information content (AvgIpc) is 3.37. The molecule has 0 spiro atoms. The summed E-state index contributed by atoms with van der Waals surface area (Å²) in [6.45, 7) is 2.99. The van der Waals surface area contributed by atoms with Crippen LogP contribution in [0.15, 0.2) is 72.9 Å². The quantitative estimate of drug-likeness (QED) is 0.479. The van der Waals surface area contributed by atoms with Crippen molar-refractivity contribution in [3.63, 3.8) is 0 Å². The second kappa shape index (κ2) is 8.91. The molecule has 4 aromatic rings. The van der Waals surface area contributed by atoms with Crippen molar-refractivity contribution < 1.29 is 9.53 Å². The minimum Gasteiger partial charge on any atom is -0.378 e. The number of urea groups is 1. The van der Waals surface area contributed by atoms with Gasteiger partial charge in [-0.3, -0.25) is 9.80 Å². The molecule has 0 atom stereocenters. The Morgan fingerprint density at radius 1 is 0.879 bits per heavy atom. The topological polar surface area (TPSA) is 66.2 Å². The Kier molecular flexibility index (Phi) is 5.66. The smallest absolute Gasteiger partial charge is 0.328 e. The number of morpholine rings is 1. The largest absolute Gasteiger partial charge is 0.378 e. The van der Waals surface area contributed by atoms with Crippen LogP contribution in [0.1, 0.15) is 0 Å². The van der Waals surface area contributed by atoms with Crippen molar-refractivity contribution in [1.29, 1.82) is 0 Å². The van der Waals surface area contributed by atoms with Crippen molar-refractivity contribution in [3.05, 3.63) is 72.9 Å². The summed E-state index contributed by atoms with van der Waals surface area (Å²) in [5, 5.41) is 4.70. The SMILES string of the molecule is CN(C(=O)N(C)c1ccc(-c2nc(N3CCOCC3)c3cccn3n2)cc1)c1ccccc1. The van der Waals surface area contributed by atoms with E-state index in [1.165, 1.54) is 0 Å². The molecule has 2 amide bonds. The molecule has 33 heavy (non-hydrogen) atoms. The maximum Gasteiger partial charge on any atom is 0.328 e. The van der Waals surface area contributed by atoms with Gasteiger partial charge < -0.3 is 9.64 Å². The van der Waals surface area contributed by atoms with Crippen molar-refractivity contribution in [1.82, 2.24) is 14.6 Å². The lowest BCUT2D eigenvalue weighted by Gasteiger charge is -2.28. The van der Waals surface area contributed by atoms with Crippen LogP contribution in [-0.4, -0.2) is 61.0 Å². The fraction of sp³-hybridized carbons (Fsp3) is 0.240. The number of hydrogen-bond donors (Lipinski definition) is 0. The Balaban J connectivity index is 1.41. The minimum absolute atomic E-state index is 0.117. The van der Waals surface area contributed by atoms with Gasteiger partial charge in [0.15, 0.2) is 11.6 Å². The number of benzene rings is 2. The highest BCUT2D eigenvalue weighted by Gasteiger charge is 2.20. The van der Waals surface area contributed by atoms with E-state index in [0.29, 0.717) is 19.0 Å². The van der Waals surface area contributed by atoms with Crippen LogP contribution in [0.4, 0.5) is 22.0 Å². The molecule has 0 unspecified atom stereocenters. The van der Waals surface area contributed by atoms with Crippen LogP contribution >= 0.6 is 0 Å². The summed E-state index contributed by atoms with van der Waals surface area (Å²) in [5.41, 5.74) is 3.50. The lowest BCUT2D eigenvalue weighted by atomic mass is 10.2. The lowest BCUT2D eigenvalue weighted by molar-refractivity contribution is 0.122. The van der Waals surface area contributed by atoms with E-state index in [2.05, 4.69) is 4.90 Å². The Morgan fingerprint density at radius 3 is 2.24 bits per heavy atom. The number of hydrogen-bond acceptors (Lipinski definition) is 5. The highest BCUT2D eigenvalue weighted by Crippen LogP contribution is 2.26. The predicted octanol–water partition coefficient (Wildman–Crippen LogP) is 3.93. The highest BCUT2D eigenvalue weighted by atomic mass is 16.5. The van der Waals surface area contributed by atoms with Crippen molar-refractivity contribution >= 4 is 28.7 Å². The van der Waals surface area contributed by atoms with Crippen molar-refractivity contribution in [3.8, 4) is 11.4 Å². The summed E-state index contributed by atoms with van der Waals surface area (Å²) in [6.07, 6.45) is 1.94. The molecule has 0 radical (unpaired) electrons. The molecule has 2 aromatic heterocycles. The number of aromatic nitrogens is 3. The van der Waals surface area contributed by atoms with E-state index in [-0.39, 0.29) is 6.03 Å². The van der Waals surface area contributed by atoms with Gasteiger partial charge in [0.05, 0.1) is 13.2 Å². The van der Waals surface area contributed by atoms with Crippen LogP contribution in [0.25, 0.3) is 16.9 Å². The van der Waals surface area contributed by atoms with Gasteiger partial charge in [-0.05, 0) is 48.5 Å². The number of amides is 2. The van der Waals surface area contributed by atoms with E-state index in [9.17, 15) is 4.79 Å². The molecule has 0 saturated carbocycles. The third kappa shape index (κ3) is 4.12. The normalized spacial score (nSPS) is 13.8. The van der Waals surface area contributed by atoms with E-state index in [1.54, 1.807) is 23.9 Å².